The Morgan fingerprint density at radius 1 is 1.10 bits per heavy atom. The largest absolute Gasteiger partial charge is 0.508 e. The van der Waals surface area contributed by atoms with E-state index in [-0.39, 0.29) is 17.8 Å². The topological polar surface area (TPSA) is 83.7 Å². The number of amides is 1. The third kappa shape index (κ3) is 5.90. The van der Waals surface area contributed by atoms with Crippen molar-refractivity contribution in [2.75, 3.05) is 19.6 Å². The van der Waals surface area contributed by atoms with E-state index >= 15 is 0 Å². The van der Waals surface area contributed by atoms with Crippen LogP contribution in [0.5, 0.6) is 5.75 Å². The number of rotatable bonds is 7. The van der Waals surface area contributed by atoms with E-state index in [9.17, 15) is 9.90 Å². The highest BCUT2D eigenvalue weighted by Gasteiger charge is 2.29. The first-order valence-corrected chi connectivity index (χ1v) is 10.3. The Morgan fingerprint density at radius 2 is 1.97 bits per heavy atom. The number of aromatic nitrogens is 3. The van der Waals surface area contributed by atoms with Crippen LogP contribution in [-0.4, -0.2) is 61.3 Å². The molecule has 4 rings (SSSR count). The molecule has 3 heterocycles. The van der Waals surface area contributed by atoms with Gasteiger partial charge in [0.05, 0.1) is 25.5 Å². The molecule has 0 aliphatic carbocycles. The second kappa shape index (κ2) is 9.72. The van der Waals surface area contributed by atoms with Crippen LogP contribution in [0.15, 0.2) is 61.2 Å². The number of aromatic hydroxyl groups is 1. The Hall–Kier alpha value is -3.23. The van der Waals surface area contributed by atoms with E-state index in [1.807, 2.05) is 42.4 Å². The van der Waals surface area contributed by atoms with Crippen molar-refractivity contribution in [2.24, 2.45) is 7.05 Å². The molecule has 31 heavy (non-hydrogen) atoms. The van der Waals surface area contributed by atoms with Gasteiger partial charge in [-0.15, -0.1) is 0 Å². The zero-order valence-electron chi connectivity index (χ0n) is 17.6. The lowest BCUT2D eigenvalue weighted by atomic mass is 10.2. The average Bonchev–Trinajstić information content (AvgIpc) is 3.10. The van der Waals surface area contributed by atoms with E-state index in [0.717, 1.165) is 16.7 Å². The Morgan fingerprint density at radius 3 is 2.71 bits per heavy atom. The van der Waals surface area contributed by atoms with Gasteiger partial charge in [-0.25, -0.2) is 0 Å². The molecular formula is C23H27N5O3. The summed E-state index contributed by atoms with van der Waals surface area (Å²) in [6.07, 6.45) is 7.09. The maximum absolute atomic E-state index is 13.1. The number of phenols is 1. The van der Waals surface area contributed by atoms with Crippen molar-refractivity contribution in [1.82, 2.24) is 24.6 Å². The van der Waals surface area contributed by atoms with Crippen molar-refractivity contribution in [3.05, 3.63) is 77.9 Å². The number of carbonyl (C=O) groups is 1. The summed E-state index contributed by atoms with van der Waals surface area (Å²) in [7, 11) is 1.87. The van der Waals surface area contributed by atoms with Gasteiger partial charge in [0.25, 0.3) is 0 Å². The SMILES string of the molecule is Cn1cc(CN2CC(OCc3cccnc3)CN(Cc3cccc(O)c3)CC2=O)cn1. The number of pyridine rings is 1. The molecule has 2 aromatic heterocycles. The van der Waals surface area contributed by atoms with Gasteiger partial charge in [0.2, 0.25) is 5.91 Å². The predicted octanol–water partition coefficient (Wildman–Crippen LogP) is 1.95. The van der Waals surface area contributed by atoms with Crippen molar-refractivity contribution in [3.63, 3.8) is 0 Å². The molecule has 0 bridgehead atoms. The van der Waals surface area contributed by atoms with E-state index in [4.69, 9.17) is 4.74 Å². The fraction of sp³-hybridized carbons (Fsp3) is 0.348. The number of nitrogens with zero attached hydrogens (tertiary/aromatic N) is 5. The summed E-state index contributed by atoms with van der Waals surface area (Å²) < 4.78 is 7.95. The summed E-state index contributed by atoms with van der Waals surface area (Å²) in [6, 6.07) is 11.0. The summed E-state index contributed by atoms with van der Waals surface area (Å²) in [6.45, 7) is 2.92. The zero-order valence-corrected chi connectivity index (χ0v) is 17.6. The van der Waals surface area contributed by atoms with Crippen molar-refractivity contribution in [1.29, 1.82) is 0 Å². The van der Waals surface area contributed by atoms with Gasteiger partial charge < -0.3 is 14.7 Å². The molecule has 1 aliphatic heterocycles. The van der Waals surface area contributed by atoms with Crippen molar-refractivity contribution in [3.8, 4) is 5.75 Å². The fourth-order valence-corrected chi connectivity index (χ4v) is 3.81. The zero-order chi connectivity index (χ0) is 21.6. The summed E-state index contributed by atoms with van der Waals surface area (Å²) in [5, 5.41) is 14.0. The second-order valence-corrected chi connectivity index (χ2v) is 7.93. The minimum atomic E-state index is -0.152. The lowest BCUT2D eigenvalue weighted by Gasteiger charge is -2.24. The number of hydrogen-bond donors (Lipinski definition) is 1. The van der Waals surface area contributed by atoms with Gasteiger partial charge in [-0.05, 0) is 29.3 Å². The number of hydrogen-bond acceptors (Lipinski definition) is 6. The van der Waals surface area contributed by atoms with Crippen LogP contribution in [0.2, 0.25) is 0 Å². The molecule has 8 heteroatoms. The first-order valence-electron chi connectivity index (χ1n) is 10.3. The monoisotopic (exact) mass is 421 g/mol. The van der Waals surface area contributed by atoms with Gasteiger partial charge in [0.15, 0.2) is 0 Å². The lowest BCUT2D eigenvalue weighted by molar-refractivity contribution is -0.132. The summed E-state index contributed by atoms with van der Waals surface area (Å²) in [5.74, 6) is 0.276. The van der Waals surface area contributed by atoms with Crippen molar-refractivity contribution < 1.29 is 14.6 Å². The fourth-order valence-electron chi connectivity index (χ4n) is 3.81. The highest BCUT2D eigenvalue weighted by atomic mass is 16.5. The average molecular weight is 422 g/mol. The minimum Gasteiger partial charge on any atom is -0.508 e. The molecule has 1 saturated heterocycles. The predicted molar refractivity (Wildman–Crippen MR) is 115 cm³/mol. The highest BCUT2D eigenvalue weighted by Crippen LogP contribution is 2.18. The number of aryl methyl sites for hydroxylation is 1. The van der Waals surface area contributed by atoms with Gasteiger partial charge in [-0.1, -0.05) is 18.2 Å². The smallest absolute Gasteiger partial charge is 0.237 e. The van der Waals surface area contributed by atoms with Crippen LogP contribution in [0.1, 0.15) is 16.7 Å². The molecule has 1 N–H and O–H groups in total. The maximum Gasteiger partial charge on any atom is 0.237 e. The van der Waals surface area contributed by atoms with Crippen molar-refractivity contribution in [2.45, 2.75) is 25.8 Å². The molecular weight excluding hydrogens is 394 g/mol. The van der Waals surface area contributed by atoms with Gasteiger partial charge in [-0.3, -0.25) is 19.4 Å². The minimum absolute atomic E-state index is 0.0523. The van der Waals surface area contributed by atoms with Gasteiger partial charge in [0, 0.05) is 57.4 Å². The standard InChI is InChI=1S/C23H27N5O3/c1-26-11-20(10-25-26)13-28-15-22(31-17-19-5-3-7-24-9-19)14-27(16-23(28)30)12-18-4-2-6-21(29)8-18/h2-11,22,29H,12-17H2,1H3. The second-order valence-electron chi connectivity index (χ2n) is 7.93. The van der Waals surface area contributed by atoms with Crippen LogP contribution in [0.25, 0.3) is 0 Å². The van der Waals surface area contributed by atoms with Crippen LogP contribution in [0.4, 0.5) is 0 Å². The summed E-state index contributed by atoms with van der Waals surface area (Å²) in [4.78, 5) is 21.1. The Bertz CT molecular complexity index is 1010. The first kappa shape index (κ1) is 21.0. The number of carbonyl (C=O) groups excluding carboxylic acids is 1. The molecule has 1 fully saturated rings. The first-order chi connectivity index (χ1) is 15.0. The van der Waals surface area contributed by atoms with E-state index < -0.39 is 0 Å². The maximum atomic E-state index is 13.1. The summed E-state index contributed by atoms with van der Waals surface area (Å²) >= 11 is 0. The molecule has 162 valence electrons. The van der Waals surface area contributed by atoms with Gasteiger partial charge >= 0.3 is 0 Å². The molecule has 3 aromatic rings. The van der Waals surface area contributed by atoms with Crippen LogP contribution in [0, 0.1) is 0 Å². The third-order valence-electron chi connectivity index (χ3n) is 5.25. The number of ether oxygens (including phenoxy) is 1. The molecule has 1 aliphatic rings. The van der Waals surface area contributed by atoms with Crippen LogP contribution >= 0.6 is 0 Å². The Labute approximate surface area is 181 Å². The molecule has 1 atom stereocenters. The van der Waals surface area contributed by atoms with E-state index in [1.165, 1.54) is 0 Å². The highest BCUT2D eigenvalue weighted by molar-refractivity contribution is 5.78. The number of phenolic OH excluding ortho intramolecular Hbond substituents is 1. The molecule has 1 aromatic carbocycles. The Kier molecular flexibility index (Phi) is 6.59. The molecule has 1 amide bonds. The van der Waals surface area contributed by atoms with Crippen LogP contribution in [-0.2, 0) is 36.3 Å². The normalized spacial score (nSPS) is 17.6. The van der Waals surface area contributed by atoms with Gasteiger partial charge in [-0.2, -0.15) is 5.10 Å². The molecule has 8 nitrogen and oxygen atoms in total. The third-order valence-corrected chi connectivity index (χ3v) is 5.25. The quantitative estimate of drug-likeness (QED) is 0.628. The Balaban J connectivity index is 1.49. The molecule has 0 spiro atoms. The van der Waals surface area contributed by atoms with Crippen LogP contribution in [0.3, 0.4) is 0 Å². The molecule has 0 radical (unpaired) electrons. The number of benzene rings is 1. The van der Waals surface area contributed by atoms with E-state index in [0.29, 0.717) is 39.3 Å². The van der Waals surface area contributed by atoms with E-state index in [2.05, 4.69) is 15.0 Å². The lowest BCUT2D eigenvalue weighted by Crippen LogP contribution is -2.37. The molecule has 1 unspecified atom stereocenters. The van der Waals surface area contributed by atoms with E-state index in [1.54, 1.807) is 35.4 Å². The van der Waals surface area contributed by atoms with Crippen LogP contribution < -0.4 is 0 Å². The van der Waals surface area contributed by atoms with Gasteiger partial charge in [0.1, 0.15) is 5.75 Å². The summed E-state index contributed by atoms with van der Waals surface area (Å²) in [5.41, 5.74) is 2.94. The van der Waals surface area contributed by atoms with Crippen molar-refractivity contribution >= 4 is 5.91 Å². The molecule has 0 saturated carbocycles.